The highest BCUT2D eigenvalue weighted by molar-refractivity contribution is 5.83. The molecule has 0 radical (unpaired) electrons. The number of aromatic carboxylic acids is 1. The third-order valence-electron chi connectivity index (χ3n) is 3.86. The molecule has 3 aromatic rings. The molecule has 0 aliphatic carbocycles. The fourth-order valence-corrected chi connectivity index (χ4v) is 2.82. The normalized spacial score (nSPS) is 10.9. The van der Waals surface area contributed by atoms with Gasteiger partial charge in [-0.3, -0.25) is 0 Å². The second-order valence-electron chi connectivity index (χ2n) is 6.03. The highest BCUT2D eigenvalue weighted by Gasteiger charge is 2.16. The summed E-state index contributed by atoms with van der Waals surface area (Å²) in [6.45, 7) is 4.56. The van der Waals surface area contributed by atoms with Crippen LogP contribution in [0.3, 0.4) is 0 Å². The van der Waals surface area contributed by atoms with Gasteiger partial charge in [0.05, 0.1) is 11.4 Å². The van der Waals surface area contributed by atoms with Crippen molar-refractivity contribution in [3.63, 3.8) is 0 Å². The molecule has 0 aliphatic heterocycles. The van der Waals surface area contributed by atoms with Crippen molar-refractivity contribution in [1.29, 1.82) is 0 Å². The van der Waals surface area contributed by atoms with Gasteiger partial charge in [-0.25, -0.2) is 14.2 Å². The molecule has 0 aliphatic rings. The lowest BCUT2D eigenvalue weighted by Crippen LogP contribution is -2.20. The van der Waals surface area contributed by atoms with E-state index in [4.69, 9.17) is 5.11 Å². The SMILES string of the molecule is Cc1cc(C)n(-c2cccc(CN(C)c3nc(C(=O)O)nn3C)c2)n1. The molecule has 2 heterocycles. The Balaban J connectivity index is 1.85. The van der Waals surface area contributed by atoms with Crippen LogP contribution < -0.4 is 4.90 Å². The minimum atomic E-state index is -1.14. The second kappa shape index (κ2) is 6.39. The van der Waals surface area contributed by atoms with Crippen LogP contribution in [0.5, 0.6) is 0 Å². The molecule has 1 aromatic carbocycles. The first-order valence-corrected chi connectivity index (χ1v) is 7.83. The molecule has 0 bridgehead atoms. The number of aryl methyl sites for hydroxylation is 3. The third kappa shape index (κ3) is 3.37. The minimum absolute atomic E-state index is 0.208. The zero-order valence-corrected chi connectivity index (χ0v) is 14.6. The first-order chi connectivity index (χ1) is 11.8. The smallest absolute Gasteiger partial charge is 0.375 e. The monoisotopic (exact) mass is 340 g/mol. The Hall–Kier alpha value is -3.16. The van der Waals surface area contributed by atoms with Crippen LogP contribution >= 0.6 is 0 Å². The van der Waals surface area contributed by atoms with E-state index >= 15 is 0 Å². The molecular weight excluding hydrogens is 320 g/mol. The highest BCUT2D eigenvalue weighted by Crippen LogP contribution is 2.17. The molecule has 2 aromatic heterocycles. The first-order valence-electron chi connectivity index (χ1n) is 7.83. The van der Waals surface area contributed by atoms with Crippen molar-refractivity contribution in [2.45, 2.75) is 20.4 Å². The average molecular weight is 340 g/mol. The van der Waals surface area contributed by atoms with Crippen molar-refractivity contribution in [3.8, 4) is 5.69 Å². The van der Waals surface area contributed by atoms with Gasteiger partial charge in [0.15, 0.2) is 0 Å². The standard InChI is InChI=1S/C17H20N6O2/c1-11-8-12(2)23(19-11)14-7-5-6-13(9-14)10-21(3)17-18-15(16(24)25)20-22(17)4/h5-9H,10H2,1-4H3,(H,24,25). The van der Waals surface area contributed by atoms with Crippen molar-refractivity contribution >= 4 is 11.9 Å². The first kappa shape index (κ1) is 16.7. The van der Waals surface area contributed by atoms with Crippen molar-refractivity contribution < 1.29 is 9.90 Å². The zero-order chi connectivity index (χ0) is 18.1. The summed E-state index contributed by atoms with van der Waals surface area (Å²) < 4.78 is 3.37. The summed E-state index contributed by atoms with van der Waals surface area (Å²) in [5.41, 5.74) is 4.09. The number of carboxylic acid groups (broad SMARTS) is 1. The van der Waals surface area contributed by atoms with Gasteiger partial charge in [0.25, 0.3) is 5.82 Å². The molecule has 0 unspecified atom stereocenters. The van der Waals surface area contributed by atoms with Crippen molar-refractivity contribution in [2.24, 2.45) is 7.05 Å². The Morgan fingerprint density at radius 2 is 2.00 bits per heavy atom. The molecular formula is C17H20N6O2. The van der Waals surface area contributed by atoms with Crippen LogP contribution in [0.25, 0.3) is 5.69 Å². The summed E-state index contributed by atoms with van der Waals surface area (Å²) in [4.78, 5) is 16.9. The predicted molar refractivity (Wildman–Crippen MR) is 93.1 cm³/mol. The van der Waals surface area contributed by atoms with Crippen LogP contribution in [0, 0.1) is 13.8 Å². The lowest BCUT2D eigenvalue weighted by Gasteiger charge is -2.18. The molecule has 8 nitrogen and oxygen atoms in total. The van der Waals surface area contributed by atoms with Crippen LogP contribution in [0.2, 0.25) is 0 Å². The van der Waals surface area contributed by atoms with Gasteiger partial charge in [0.1, 0.15) is 0 Å². The van der Waals surface area contributed by atoms with Crippen LogP contribution in [0.4, 0.5) is 5.95 Å². The molecule has 0 fully saturated rings. The van der Waals surface area contributed by atoms with E-state index in [1.807, 2.05) is 54.7 Å². The van der Waals surface area contributed by atoms with Crippen LogP contribution in [0.15, 0.2) is 30.3 Å². The fourth-order valence-electron chi connectivity index (χ4n) is 2.82. The summed E-state index contributed by atoms with van der Waals surface area (Å²) in [5, 5.41) is 17.4. The van der Waals surface area contributed by atoms with Crippen LogP contribution in [-0.4, -0.2) is 42.7 Å². The molecule has 8 heteroatoms. The summed E-state index contributed by atoms with van der Waals surface area (Å²) in [7, 11) is 3.53. The Kier molecular flexibility index (Phi) is 4.26. The van der Waals surface area contributed by atoms with E-state index in [0.29, 0.717) is 12.5 Å². The minimum Gasteiger partial charge on any atom is -0.475 e. The summed E-state index contributed by atoms with van der Waals surface area (Å²) in [6, 6.07) is 10.1. The molecule has 0 saturated carbocycles. The van der Waals surface area contributed by atoms with E-state index in [1.54, 1.807) is 7.05 Å². The van der Waals surface area contributed by atoms with E-state index in [0.717, 1.165) is 22.6 Å². The maximum atomic E-state index is 11.0. The predicted octanol–water partition coefficient (Wildman–Crippen LogP) is 1.95. The van der Waals surface area contributed by atoms with Gasteiger partial charge in [-0.05, 0) is 37.6 Å². The second-order valence-corrected chi connectivity index (χ2v) is 6.03. The molecule has 1 N–H and O–H groups in total. The molecule has 0 spiro atoms. The van der Waals surface area contributed by atoms with E-state index in [2.05, 4.69) is 21.2 Å². The Labute approximate surface area is 145 Å². The van der Waals surface area contributed by atoms with Gasteiger partial charge in [-0.15, -0.1) is 5.10 Å². The Morgan fingerprint density at radius 3 is 2.60 bits per heavy atom. The van der Waals surface area contributed by atoms with Crippen LogP contribution in [-0.2, 0) is 13.6 Å². The van der Waals surface area contributed by atoms with Gasteiger partial charge in [0.2, 0.25) is 5.95 Å². The number of carboxylic acids is 1. The summed E-state index contributed by atoms with van der Waals surface area (Å²) in [5.74, 6) is -0.851. The lowest BCUT2D eigenvalue weighted by atomic mass is 10.2. The maximum Gasteiger partial charge on any atom is 0.375 e. The topological polar surface area (TPSA) is 89.1 Å². The van der Waals surface area contributed by atoms with Crippen LogP contribution in [0.1, 0.15) is 27.6 Å². The molecule has 0 amide bonds. The largest absolute Gasteiger partial charge is 0.475 e. The number of rotatable bonds is 5. The third-order valence-corrected chi connectivity index (χ3v) is 3.86. The van der Waals surface area contributed by atoms with Gasteiger partial charge in [0, 0.05) is 26.3 Å². The van der Waals surface area contributed by atoms with Crippen molar-refractivity contribution in [2.75, 3.05) is 11.9 Å². The number of carbonyl (C=O) groups is 1. The maximum absolute atomic E-state index is 11.0. The molecule has 25 heavy (non-hydrogen) atoms. The van der Waals surface area contributed by atoms with E-state index in [1.165, 1.54) is 4.68 Å². The number of aromatic nitrogens is 5. The van der Waals surface area contributed by atoms with E-state index in [-0.39, 0.29) is 5.82 Å². The molecule has 3 rings (SSSR count). The number of hydrogen-bond donors (Lipinski definition) is 1. The van der Waals surface area contributed by atoms with Gasteiger partial charge >= 0.3 is 5.97 Å². The van der Waals surface area contributed by atoms with Gasteiger partial charge in [-0.1, -0.05) is 12.1 Å². The lowest BCUT2D eigenvalue weighted by molar-refractivity contribution is 0.0683. The fraction of sp³-hybridized carbons (Fsp3) is 0.294. The number of benzene rings is 1. The number of hydrogen-bond acceptors (Lipinski definition) is 5. The Bertz CT molecular complexity index is 927. The van der Waals surface area contributed by atoms with E-state index in [9.17, 15) is 4.79 Å². The Morgan fingerprint density at radius 1 is 1.24 bits per heavy atom. The zero-order valence-electron chi connectivity index (χ0n) is 14.6. The van der Waals surface area contributed by atoms with E-state index < -0.39 is 5.97 Å². The van der Waals surface area contributed by atoms with Crippen molar-refractivity contribution in [1.82, 2.24) is 24.5 Å². The highest BCUT2D eigenvalue weighted by atomic mass is 16.4. The molecule has 130 valence electrons. The molecule has 0 atom stereocenters. The number of anilines is 1. The number of nitrogens with zero attached hydrogens (tertiary/aromatic N) is 6. The summed E-state index contributed by atoms with van der Waals surface area (Å²) >= 11 is 0. The van der Waals surface area contributed by atoms with Gasteiger partial charge < -0.3 is 10.0 Å². The average Bonchev–Trinajstić information content (AvgIpc) is 3.10. The summed E-state index contributed by atoms with van der Waals surface area (Å²) in [6.07, 6.45) is 0. The van der Waals surface area contributed by atoms with Gasteiger partial charge in [-0.2, -0.15) is 10.1 Å². The molecule has 0 saturated heterocycles. The van der Waals surface area contributed by atoms with Crippen molar-refractivity contribution in [3.05, 3.63) is 53.1 Å². The quantitative estimate of drug-likeness (QED) is 0.764.